The van der Waals surface area contributed by atoms with Crippen LogP contribution in [0.25, 0.3) is 0 Å². The lowest BCUT2D eigenvalue weighted by Gasteiger charge is -2.09. The van der Waals surface area contributed by atoms with E-state index in [2.05, 4.69) is 25.8 Å². The molecule has 106 valence electrons. The molecule has 0 bridgehead atoms. The van der Waals surface area contributed by atoms with Crippen molar-refractivity contribution in [2.24, 2.45) is 0 Å². The zero-order valence-electron chi connectivity index (χ0n) is 11.5. The second kappa shape index (κ2) is 5.92. The Morgan fingerprint density at radius 1 is 1.45 bits per heavy atom. The van der Waals surface area contributed by atoms with Gasteiger partial charge in [0.25, 0.3) is 5.91 Å². The van der Waals surface area contributed by atoms with Crippen LogP contribution in [0.15, 0.2) is 12.3 Å². The summed E-state index contributed by atoms with van der Waals surface area (Å²) >= 11 is 6.04. The molecule has 2 rings (SSSR count). The summed E-state index contributed by atoms with van der Waals surface area (Å²) in [5.74, 6) is 0.326. The minimum atomic E-state index is -0.288. The fourth-order valence-corrected chi connectivity index (χ4v) is 2.00. The lowest BCUT2D eigenvalue weighted by molar-refractivity contribution is 0.102. The van der Waals surface area contributed by atoms with Crippen LogP contribution in [0.2, 0.25) is 5.02 Å². The number of hydrogen-bond donors (Lipinski definition) is 3. The summed E-state index contributed by atoms with van der Waals surface area (Å²) in [6.07, 6.45) is 1.46. The first-order chi connectivity index (χ1) is 9.52. The Morgan fingerprint density at radius 3 is 2.80 bits per heavy atom. The molecule has 0 aliphatic rings. The Balaban J connectivity index is 2.27. The Hall–Kier alpha value is -2.08. The van der Waals surface area contributed by atoms with Gasteiger partial charge in [0.15, 0.2) is 0 Å². The lowest BCUT2D eigenvalue weighted by Crippen LogP contribution is -2.14. The summed E-state index contributed by atoms with van der Waals surface area (Å²) in [6, 6.07) is 1.63. The van der Waals surface area contributed by atoms with E-state index in [0.29, 0.717) is 22.1 Å². The SMILES string of the molecule is CCNc1cc(C(=O)Nc2c(C)n[nH]c2C)c(Cl)cn1. The number of H-pyrrole nitrogens is 1. The number of aromatic nitrogens is 3. The maximum Gasteiger partial charge on any atom is 0.257 e. The Morgan fingerprint density at radius 2 is 2.20 bits per heavy atom. The van der Waals surface area contributed by atoms with Gasteiger partial charge >= 0.3 is 0 Å². The molecule has 2 heterocycles. The number of anilines is 2. The summed E-state index contributed by atoms with van der Waals surface area (Å²) in [6.45, 7) is 6.33. The van der Waals surface area contributed by atoms with Crippen molar-refractivity contribution in [3.63, 3.8) is 0 Å². The smallest absolute Gasteiger partial charge is 0.257 e. The van der Waals surface area contributed by atoms with E-state index in [9.17, 15) is 4.79 Å². The first-order valence-electron chi connectivity index (χ1n) is 6.25. The zero-order valence-corrected chi connectivity index (χ0v) is 12.3. The highest BCUT2D eigenvalue weighted by atomic mass is 35.5. The van der Waals surface area contributed by atoms with Crippen LogP contribution < -0.4 is 10.6 Å². The van der Waals surface area contributed by atoms with Gasteiger partial charge in [-0.1, -0.05) is 11.6 Å². The summed E-state index contributed by atoms with van der Waals surface area (Å²) in [7, 11) is 0. The van der Waals surface area contributed by atoms with Gasteiger partial charge in [-0.25, -0.2) is 4.98 Å². The maximum atomic E-state index is 12.3. The van der Waals surface area contributed by atoms with Crippen LogP contribution in [0.3, 0.4) is 0 Å². The molecule has 0 saturated heterocycles. The van der Waals surface area contributed by atoms with Crippen molar-refractivity contribution in [1.29, 1.82) is 0 Å². The molecule has 2 aromatic rings. The van der Waals surface area contributed by atoms with Gasteiger partial charge in [0.1, 0.15) is 5.82 Å². The zero-order chi connectivity index (χ0) is 14.7. The van der Waals surface area contributed by atoms with Gasteiger partial charge in [0, 0.05) is 12.7 Å². The first-order valence-corrected chi connectivity index (χ1v) is 6.63. The topological polar surface area (TPSA) is 82.7 Å². The number of aromatic amines is 1. The van der Waals surface area contributed by atoms with Crippen LogP contribution in [0, 0.1) is 13.8 Å². The molecule has 7 heteroatoms. The Labute approximate surface area is 121 Å². The number of nitrogens with zero attached hydrogens (tertiary/aromatic N) is 2. The van der Waals surface area contributed by atoms with Crippen molar-refractivity contribution in [3.8, 4) is 0 Å². The fraction of sp³-hybridized carbons (Fsp3) is 0.308. The molecule has 0 aliphatic carbocycles. The molecule has 0 atom stereocenters. The van der Waals surface area contributed by atoms with E-state index in [-0.39, 0.29) is 5.91 Å². The molecule has 0 fully saturated rings. The van der Waals surface area contributed by atoms with Gasteiger partial charge < -0.3 is 10.6 Å². The third-order valence-corrected chi connectivity index (χ3v) is 3.13. The number of pyridine rings is 1. The molecule has 0 spiro atoms. The minimum Gasteiger partial charge on any atom is -0.370 e. The highest BCUT2D eigenvalue weighted by molar-refractivity contribution is 6.34. The number of hydrogen-bond acceptors (Lipinski definition) is 4. The molecule has 0 radical (unpaired) electrons. The van der Waals surface area contributed by atoms with Crippen LogP contribution in [0.1, 0.15) is 28.7 Å². The number of rotatable bonds is 4. The molecule has 6 nitrogen and oxygen atoms in total. The average Bonchev–Trinajstić information content (AvgIpc) is 2.73. The fourth-order valence-electron chi connectivity index (χ4n) is 1.81. The van der Waals surface area contributed by atoms with Crippen LogP contribution in [-0.2, 0) is 0 Å². The first kappa shape index (κ1) is 14.3. The third-order valence-electron chi connectivity index (χ3n) is 2.82. The highest BCUT2D eigenvalue weighted by Crippen LogP contribution is 2.22. The van der Waals surface area contributed by atoms with Crippen LogP contribution >= 0.6 is 11.6 Å². The van der Waals surface area contributed by atoms with Crippen LogP contribution in [0.4, 0.5) is 11.5 Å². The summed E-state index contributed by atoms with van der Waals surface area (Å²) in [5, 5.41) is 13.0. The lowest BCUT2D eigenvalue weighted by atomic mass is 10.2. The maximum absolute atomic E-state index is 12.3. The highest BCUT2D eigenvalue weighted by Gasteiger charge is 2.15. The average molecular weight is 294 g/mol. The Bertz CT molecular complexity index is 618. The Kier molecular flexibility index (Phi) is 4.24. The standard InChI is InChI=1S/C13H16ClN5O/c1-4-15-11-5-9(10(14)6-16-11)13(20)17-12-7(2)18-19-8(12)3/h5-6H,4H2,1-3H3,(H,15,16)(H,17,20)(H,18,19). The normalized spacial score (nSPS) is 10.4. The van der Waals surface area contributed by atoms with Gasteiger partial charge in [-0.15, -0.1) is 0 Å². The molecule has 2 aromatic heterocycles. The van der Waals surface area contributed by atoms with E-state index in [0.717, 1.165) is 17.9 Å². The van der Waals surface area contributed by atoms with Crippen LogP contribution in [-0.4, -0.2) is 27.6 Å². The molecular formula is C13H16ClN5O. The quantitative estimate of drug-likeness (QED) is 0.809. The monoisotopic (exact) mass is 293 g/mol. The number of nitrogens with one attached hydrogen (secondary N) is 3. The summed E-state index contributed by atoms with van der Waals surface area (Å²) in [4.78, 5) is 16.4. The molecule has 3 N–H and O–H groups in total. The van der Waals surface area contributed by atoms with Gasteiger partial charge in [-0.3, -0.25) is 9.89 Å². The molecule has 20 heavy (non-hydrogen) atoms. The van der Waals surface area contributed by atoms with Crippen molar-refractivity contribution in [2.45, 2.75) is 20.8 Å². The summed E-state index contributed by atoms with van der Waals surface area (Å²) in [5.41, 5.74) is 2.58. The van der Waals surface area contributed by atoms with Crippen molar-refractivity contribution in [3.05, 3.63) is 34.2 Å². The van der Waals surface area contributed by atoms with Gasteiger partial charge in [0.05, 0.1) is 27.7 Å². The number of aryl methyl sites for hydroxylation is 2. The predicted octanol–water partition coefficient (Wildman–Crippen LogP) is 2.76. The van der Waals surface area contributed by atoms with Crippen molar-refractivity contribution in [1.82, 2.24) is 15.2 Å². The van der Waals surface area contributed by atoms with Crippen molar-refractivity contribution in [2.75, 3.05) is 17.2 Å². The van der Waals surface area contributed by atoms with E-state index in [1.165, 1.54) is 6.20 Å². The number of amides is 1. The molecular weight excluding hydrogens is 278 g/mol. The predicted molar refractivity (Wildman–Crippen MR) is 79.4 cm³/mol. The summed E-state index contributed by atoms with van der Waals surface area (Å²) < 4.78 is 0. The van der Waals surface area contributed by atoms with Crippen molar-refractivity contribution >= 4 is 29.0 Å². The minimum absolute atomic E-state index is 0.288. The van der Waals surface area contributed by atoms with E-state index in [4.69, 9.17) is 11.6 Å². The van der Waals surface area contributed by atoms with Gasteiger partial charge in [-0.2, -0.15) is 5.10 Å². The van der Waals surface area contributed by atoms with E-state index >= 15 is 0 Å². The van der Waals surface area contributed by atoms with Crippen LogP contribution in [0.5, 0.6) is 0 Å². The van der Waals surface area contributed by atoms with Gasteiger partial charge in [-0.05, 0) is 26.8 Å². The van der Waals surface area contributed by atoms with E-state index < -0.39 is 0 Å². The molecule has 0 unspecified atom stereocenters. The number of carbonyl (C=O) groups excluding carboxylic acids is 1. The number of halogens is 1. The molecule has 0 aliphatic heterocycles. The second-order valence-electron chi connectivity index (χ2n) is 4.34. The number of carbonyl (C=O) groups is 1. The second-order valence-corrected chi connectivity index (χ2v) is 4.75. The largest absolute Gasteiger partial charge is 0.370 e. The third kappa shape index (κ3) is 2.91. The van der Waals surface area contributed by atoms with Crippen molar-refractivity contribution < 1.29 is 4.79 Å². The molecule has 0 aromatic carbocycles. The molecule has 0 saturated carbocycles. The van der Waals surface area contributed by atoms with E-state index in [1.54, 1.807) is 6.07 Å². The van der Waals surface area contributed by atoms with E-state index in [1.807, 2.05) is 20.8 Å². The van der Waals surface area contributed by atoms with Gasteiger partial charge in [0.2, 0.25) is 0 Å². The molecule has 1 amide bonds.